The molecule has 1 aromatic rings. The van der Waals surface area contributed by atoms with Crippen molar-refractivity contribution in [1.82, 2.24) is 0 Å². The molecule has 0 bridgehead atoms. The second-order valence-electron chi connectivity index (χ2n) is 2.05. The van der Waals surface area contributed by atoms with Crippen LogP contribution in [0, 0.1) is 0 Å². The number of benzene rings is 1. The van der Waals surface area contributed by atoms with Gasteiger partial charge in [-0.3, -0.25) is 4.79 Å². The third-order valence-corrected chi connectivity index (χ3v) is 1.33. The van der Waals surface area contributed by atoms with Crippen LogP contribution in [0.15, 0.2) is 24.3 Å². The third kappa shape index (κ3) is 4.60. The summed E-state index contributed by atoms with van der Waals surface area (Å²) in [5.41, 5.74) is 0. The van der Waals surface area contributed by atoms with E-state index in [1.54, 1.807) is 24.3 Å². The monoisotopic (exact) mass is 210 g/mol. The number of hydrogen-bond acceptors (Lipinski definition) is 2. The van der Waals surface area contributed by atoms with E-state index in [-0.39, 0.29) is 58.8 Å². The molecule has 0 spiro atoms. The fourth-order valence-electron chi connectivity index (χ4n) is 0.669. The van der Waals surface area contributed by atoms with Gasteiger partial charge in [0.25, 0.3) is 0 Å². The molecule has 1 aromatic carbocycles. The Hall–Kier alpha value is 0.616. The largest absolute Gasteiger partial charge is 1.00 e. The third-order valence-electron chi connectivity index (χ3n) is 1.08. The van der Waals surface area contributed by atoms with Crippen molar-refractivity contribution in [3.63, 3.8) is 0 Å². The van der Waals surface area contributed by atoms with Gasteiger partial charge in [0.15, 0.2) is 0 Å². The Morgan fingerprint density at radius 3 is 2.33 bits per heavy atom. The fraction of sp³-hybridized carbons (Fsp3) is 0.125. The number of carbonyl (C=O) groups excluding carboxylic acids is 1. The summed E-state index contributed by atoms with van der Waals surface area (Å²) in [5, 5.41) is 0.626. The molecule has 12 heavy (non-hydrogen) atoms. The summed E-state index contributed by atoms with van der Waals surface area (Å²) in [6, 6.07) is 6.62. The standard InChI is InChI=1S/C8H7ClO2.K.H/c1-6(10)11-8-4-2-7(9)3-5-8;;/h2-5H,1H3;;/q;+1;-1. The molecule has 0 heterocycles. The zero-order chi connectivity index (χ0) is 8.27. The molecule has 0 saturated carbocycles. The minimum atomic E-state index is -0.327. The fourth-order valence-corrected chi connectivity index (χ4v) is 0.795. The Balaban J connectivity index is 0. The molecule has 2 nitrogen and oxygen atoms in total. The van der Waals surface area contributed by atoms with Crippen LogP contribution >= 0.6 is 11.6 Å². The van der Waals surface area contributed by atoms with Crippen LogP contribution in [0.3, 0.4) is 0 Å². The van der Waals surface area contributed by atoms with Crippen molar-refractivity contribution in [3.8, 4) is 5.75 Å². The molecule has 0 fully saturated rings. The summed E-state index contributed by atoms with van der Waals surface area (Å²) in [6.45, 7) is 1.36. The molecule has 0 N–H and O–H groups in total. The van der Waals surface area contributed by atoms with Crippen molar-refractivity contribution in [2.45, 2.75) is 6.92 Å². The number of esters is 1. The van der Waals surface area contributed by atoms with Gasteiger partial charge < -0.3 is 6.16 Å². The number of hydrogen-bond donors (Lipinski definition) is 0. The van der Waals surface area contributed by atoms with E-state index in [2.05, 4.69) is 0 Å². The molecule has 0 aliphatic rings. The van der Waals surface area contributed by atoms with Crippen LogP contribution in [-0.2, 0) is 4.79 Å². The van der Waals surface area contributed by atoms with Gasteiger partial charge in [-0.15, -0.1) is 0 Å². The van der Waals surface area contributed by atoms with E-state index in [1.165, 1.54) is 6.92 Å². The first-order valence-electron chi connectivity index (χ1n) is 3.12. The molecular weight excluding hydrogens is 203 g/mol. The van der Waals surface area contributed by atoms with E-state index < -0.39 is 0 Å². The van der Waals surface area contributed by atoms with Crippen molar-refractivity contribution in [2.75, 3.05) is 0 Å². The van der Waals surface area contributed by atoms with Gasteiger partial charge in [0.1, 0.15) is 5.75 Å². The maximum Gasteiger partial charge on any atom is 1.00 e. The van der Waals surface area contributed by atoms with Crippen LogP contribution in [0.5, 0.6) is 5.75 Å². The smallest absolute Gasteiger partial charge is 1.00 e. The van der Waals surface area contributed by atoms with Crippen molar-refractivity contribution >= 4 is 17.6 Å². The first kappa shape index (κ1) is 12.6. The molecule has 0 atom stereocenters. The van der Waals surface area contributed by atoms with Gasteiger partial charge in [0.05, 0.1) is 0 Å². The van der Waals surface area contributed by atoms with Crippen LogP contribution in [0.25, 0.3) is 0 Å². The SMILES string of the molecule is CC(=O)Oc1ccc(Cl)cc1.[H-].[K+]. The summed E-state index contributed by atoms with van der Waals surface area (Å²) >= 11 is 5.61. The second kappa shape index (κ2) is 6.13. The Labute approximate surface area is 120 Å². The van der Waals surface area contributed by atoms with Gasteiger partial charge >= 0.3 is 57.4 Å². The van der Waals surface area contributed by atoms with E-state index in [0.29, 0.717) is 10.8 Å². The molecule has 1 rings (SSSR count). The van der Waals surface area contributed by atoms with Gasteiger partial charge in [0.2, 0.25) is 0 Å². The predicted octanol–water partition coefficient (Wildman–Crippen LogP) is -0.618. The summed E-state index contributed by atoms with van der Waals surface area (Å²) in [6.07, 6.45) is 0. The molecule has 60 valence electrons. The molecule has 0 aliphatic carbocycles. The Morgan fingerprint density at radius 1 is 1.42 bits per heavy atom. The average molecular weight is 211 g/mol. The zero-order valence-corrected chi connectivity index (χ0v) is 10.9. The first-order chi connectivity index (χ1) is 5.18. The van der Waals surface area contributed by atoms with Gasteiger partial charge in [-0.25, -0.2) is 0 Å². The van der Waals surface area contributed by atoms with Crippen LogP contribution in [0.4, 0.5) is 0 Å². The Kier molecular flexibility index (Phi) is 6.44. The van der Waals surface area contributed by atoms with E-state index in [4.69, 9.17) is 16.3 Å². The normalized spacial score (nSPS) is 8.50. The molecule has 0 aromatic heterocycles. The van der Waals surface area contributed by atoms with Crippen LogP contribution in [-0.4, -0.2) is 5.97 Å². The molecule has 4 heteroatoms. The summed E-state index contributed by atoms with van der Waals surface area (Å²) < 4.78 is 4.77. The summed E-state index contributed by atoms with van der Waals surface area (Å²) in [7, 11) is 0. The number of rotatable bonds is 1. The maximum absolute atomic E-state index is 10.4. The summed E-state index contributed by atoms with van der Waals surface area (Å²) in [4.78, 5) is 10.4. The van der Waals surface area contributed by atoms with E-state index >= 15 is 0 Å². The first-order valence-corrected chi connectivity index (χ1v) is 3.50. The Morgan fingerprint density at radius 2 is 1.92 bits per heavy atom. The molecule has 0 radical (unpaired) electrons. The van der Waals surface area contributed by atoms with Gasteiger partial charge in [-0.1, -0.05) is 11.6 Å². The molecule has 0 amide bonds. The number of halogens is 1. The Bertz CT molecular complexity index is 263. The molecule has 0 unspecified atom stereocenters. The van der Waals surface area contributed by atoms with E-state index in [9.17, 15) is 4.79 Å². The molecule has 0 aliphatic heterocycles. The van der Waals surface area contributed by atoms with Crippen molar-refractivity contribution < 1.29 is 62.3 Å². The van der Waals surface area contributed by atoms with Crippen molar-refractivity contribution in [1.29, 1.82) is 0 Å². The van der Waals surface area contributed by atoms with E-state index in [1.807, 2.05) is 0 Å². The molecular formula is C8H8ClKO2. The quantitative estimate of drug-likeness (QED) is 0.351. The summed E-state index contributed by atoms with van der Waals surface area (Å²) in [5.74, 6) is 0.189. The minimum Gasteiger partial charge on any atom is -1.00 e. The molecule has 0 saturated heterocycles. The second-order valence-corrected chi connectivity index (χ2v) is 2.48. The van der Waals surface area contributed by atoms with Crippen LogP contribution < -0.4 is 56.1 Å². The van der Waals surface area contributed by atoms with Crippen molar-refractivity contribution in [3.05, 3.63) is 29.3 Å². The number of carbonyl (C=O) groups is 1. The van der Waals surface area contributed by atoms with Gasteiger partial charge in [0, 0.05) is 11.9 Å². The minimum absolute atomic E-state index is 0. The van der Waals surface area contributed by atoms with Crippen molar-refractivity contribution in [2.24, 2.45) is 0 Å². The number of ether oxygens (including phenoxy) is 1. The van der Waals surface area contributed by atoms with Gasteiger partial charge in [-0.05, 0) is 24.3 Å². The van der Waals surface area contributed by atoms with Crippen LogP contribution in [0.2, 0.25) is 5.02 Å². The predicted molar refractivity (Wildman–Crippen MR) is 43.9 cm³/mol. The topological polar surface area (TPSA) is 26.3 Å². The average Bonchev–Trinajstić information content (AvgIpc) is 1.93. The zero-order valence-electron chi connectivity index (χ0n) is 8.00. The van der Waals surface area contributed by atoms with Crippen LogP contribution in [0.1, 0.15) is 8.35 Å². The maximum atomic E-state index is 10.4. The van der Waals surface area contributed by atoms with E-state index in [0.717, 1.165) is 0 Å². The van der Waals surface area contributed by atoms with Gasteiger partial charge in [-0.2, -0.15) is 0 Å².